The van der Waals surface area contributed by atoms with Gasteiger partial charge in [-0.05, 0) is 59.9 Å². The molecule has 4 rings (SSSR count). The van der Waals surface area contributed by atoms with Gasteiger partial charge < -0.3 is 25.2 Å². The van der Waals surface area contributed by atoms with Gasteiger partial charge in [-0.1, -0.05) is 54.6 Å². The zero-order chi connectivity index (χ0) is 24.9. The molecule has 5 N–H and O–H groups in total. The number of rotatable bonds is 10. The van der Waals surface area contributed by atoms with Crippen molar-refractivity contribution in [3.05, 3.63) is 96.4 Å². The summed E-state index contributed by atoms with van der Waals surface area (Å²) in [6, 6.07) is 26.5. The van der Waals surface area contributed by atoms with Crippen LogP contribution >= 0.6 is 7.60 Å². The summed E-state index contributed by atoms with van der Waals surface area (Å²) in [6.45, 7) is 2.28. The van der Waals surface area contributed by atoms with E-state index in [2.05, 4.69) is 46.4 Å². The molecular formula is C27H30N3O4P. The van der Waals surface area contributed by atoms with Crippen LogP contribution in [0.2, 0.25) is 0 Å². The van der Waals surface area contributed by atoms with Gasteiger partial charge in [0.05, 0.1) is 30.2 Å². The number of benzene rings is 3. The fourth-order valence-corrected chi connectivity index (χ4v) is 4.52. The Kier molecular flexibility index (Phi) is 7.53. The van der Waals surface area contributed by atoms with Gasteiger partial charge in [-0.25, -0.2) is 4.98 Å². The second kappa shape index (κ2) is 10.6. The van der Waals surface area contributed by atoms with Gasteiger partial charge in [-0.3, -0.25) is 4.57 Å². The number of H-pyrrole nitrogens is 1. The Morgan fingerprint density at radius 2 is 1.57 bits per heavy atom. The van der Waals surface area contributed by atoms with Gasteiger partial charge in [0.15, 0.2) is 0 Å². The average Bonchev–Trinajstić information content (AvgIpc) is 3.35. The first-order valence-electron chi connectivity index (χ1n) is 11.5. The Morgan fingerprint density at radius 1 is 0.943 bits per heavy atom. The van der Waals surface area contributed by atoms with Gasteiger partial charge in [0.25, 0.3) is 0 Å². The van der Waals surface area contributed by atoms with Crippen molar-refractivity contribution in [1.82, 2.24) is 9.97 Å². The van der Waals surface area contributed by atoms with E-state index in [-0.39, 0.29) is 12.6 Å². The molecule has 3 aromatic carbocycles. The number of ether oxygens (including phenoxy) is 1. The monoisotopic (exact) mass is 491 g/mol. The SMILES string of the molecule is CC(N)(CCP(=O)(O)O)c1ncc(-c2ccc(OCCc3ccc(-c4ccccc4)cc3)cc2)[nH]1. The molecule has 1 atom stereocenters. The maximum atomic E-state index is 11.2. The van der Waals surface area contributed by atoms with Crippen LogP contribution in [0, 0.1) is 0 Å². The van der Waals surface area contributed by atoms with Crippen molar-refractivity contribution in [3.8, 4) is 28.1 Å². The van der Waals surface area contributed by atoms with Gasteiger partial charge in [0.2, 0.25) is 0 Å². The Bertz CT molecular complexity index is 1280. The second-order valence-corrected chi connectivity index (χ2v) is 10.7. The molecule has 0 spiro atoms. The van der Waals surface area contributed by atoms with Gasteiger partial charge in [0, 0.05) is 6.42 Å². The highest BCUT2D eigenvalue weighted by molar-refractivity contribution is 7.51. The third kappa shape index (κ3) is 6.90. The Balaban J connectivity index is 1.31. The second-order valence-electron chi connectivity index (χ2n) is 8.89. The summed E-state index contributed by atoms with van der Waals surface area (Å²) in [4.78, 5) is 25.8. The Labute approximate surface area is 205 Å². The lowest BCUT2D eigenvalue weighted by atomic mass is 10.00. The van der Waals surface area contributed by atoms with E-state index in [0.717, 1.165) is 23.4 Å². The van der Waals surface area contributed by atoms with Crippen LogP contribution in [0.3, 0.4) is 0 Å². The van der Waals surface area contributed by atoms with Crippen LogP contribution in [0.5, 0.6) is 5.75 Å². The molecule has 0 aliphatic carbocycles. The van der Waals surface area contributed by atoms with E-state index in [0.29, 0.717) is 12.4 Å². The van der Waals surface area contributed by atoms with E-state index < -0.39 is 13.1 Å². The average molecular weight is 492 g/mol. The highest BCUT2D eigenvalue weighted by Gasteiger charge is 2.28. The summed E-state index contributed by atoms with van der Waals surface area (Å²) in [5.41, 5.74) is 10.6. The molecule has 0 fully saturated rings. The Morgan fingerprint density at radius 3 is 2.23 bits per heavy atom. The third-order valence-electron chi connectivity index (χ3n) is 5.93. The zero-order valence-corrected chi connectivity index (χ0v) is 20.5. The topological polar surface area (TPSA) is 121 Å². The molecule has 0 aliphatic heterocycles. The molecule has 8 heteroatoms. The number of aromatic amines is 1. The highest BCUT2D eigenvalue weighted by Crippen LogP contribution is 2.38. The zero-order valence-electron chi connectivity index (χ0n) is 19.6. The van der Waals surface area contributed by atoms with Crippen LogP contribution in [0.15, 0.2) is 85.1 Å². The minimum atomic E-state index is -4.12. The molecular weight excluding hydrogens is 461 g/mol. The largest absolute Gasteiger partial charge is 0.493 e. The summed E-state index contributed by atoms with van der Waals surface area (Å²) < 4.78 is 17.1. The number of aromatic nitrogens is 2. The first-order valence-corrected chi connectivity index (χ1v) is 13.3. The molecule has 1 aromatic heterocycles. The summed E-state index contributed by atoms with van der Waals surface area (Å²) in [5.74, 6) is 1.26. The maximum absolute atomic E-state index is 11.2. The van der Waals surface area contributed by atoms with Gasteiger partial charge in [0.1, 0.15) is 11.6 Å². The van der Waals surface area contributed by atoms with Crippen molar-refractivity contribution in [1.29, 1.82) is 0 Å². The first-order chi connectivity index (χ1) is 16.7. The lowest BCUT2D eigenvalue weighted by Gasteiger charge is -2.22. The quantitative estimate of drug-likeness (QED) is 0.229. The van der Waals surface area contributed by atoms with Crippen molar-refractivity contribution in [2.45, 2.75) is 25.3 Å². The normalized spacial score (nSPS) is 13.4. The molecule has 1 heterocycles. The highest BCUT2D eigenvalue weighted by atomic mass is 31.2. The van der Waals surface area contributed by atoms with Crippen LogP contribution in [-0.2, 0) is 16.5 Å². The third-order valence-corrected chi connectivity index (χ3v) is 6.73. The number of hydrogen-bond acceptors (Lipinski definition) is 4. The molecule has 0 aliphatic rings. The number of nitrogens with zero attached hydrogens (tertiary/aromatic N) is 1. The van der Waals surface area contributed by atoms with Gasteiger partial charge in [-0.2, -0.15) is 0 Å². The van der Waals surface area contributed by atoms with Crippen molar-refractivity contribution >= 4 is 7.60 Å². The van der Waals surface area contributed by atoms with E-state index in [1.807, 2.05) is 42.5 Å². The molecule has 35 heavy (non-hydrogen) atoms. The maximum Gasteiger partial charge on any atom is 0.325 e. The lowest BCUT2D eigenvalue weighted by Crippen LogP contribution is -2.35. The number of nitrogens with two attached hydrogens (primary N) is 1. The van der Waals surface area contributed by atoms with Crippen molar-refractivity contribution in [3.63, 3.8) is 0 Å². The fourth-order valence-electron chi connectivity index (χ4n) is 3.77. The number of hydrogen-bond donors (Lipinski definition) is 4. The summed E-state index contributed by atoms with van der Waals surface area (Å²) >= 11 is 0. The van der Waals surface area contributed by atoms with Crippen LogP contribution in [0.25, 0.3) is 22.4 Å². The van der Waals surface area contributed by atoms with E-state index in [1.54, 1.807) is 13.1 Å². The van der Waals surface area contributed by atoms with E-state index in [1.165, 1.54) is 16.7 Å². The molecule has 0 saturated heterocycles. The molecule has 1 unspecified atom stereocenters. The number of nitrogens with one attached hydrogen (secondary N) is 1. The molecule has 0 bridgehead atoms. The molecule has 0 amide bonds. The predicted molar refractivity (Wildman–Crippen MR) is 138 cm³/mol. The summed E-state index contributed by atoms with van der Waals surface area (Å²) in [7, 11) is -4.12. The van der Waals surface area contributed by atoms with Crippen LogP contribution < -0.4 is 10.5 Å². The smallest absolute Gasteiger partial charge is 0.325 e. The van der Waals surface area contributed by atoms with Crippen molar-refractivity contribution < 1.29 is 19.1 Å². The lowest BCUT2D eigenvalue weighted by molar-refractivity contribution is 0.322. The van der Waals surface area contributed by atoms with Gasteiger partial charge >= 0.3 is 7.60 Å². The fraction of sp³-hybridized carbons (Fsp3) is 0.222. The van der Waals surface area contributed by atoms with Crippen LogP contribution in [0.4, 0.5) is 0 Å². The van der Waals surface area contributed by atoms with Crippen molar-refractivity contribution in [2.24, 2.45) is 5.73 Å². The summed E-state index contributed by atoms with van der Waals surface area (Å²) in [5, 5.41) is 0. The molecule has 7 nitrogen and oxygen atoms in total. The molecule has 182 valence electrons. The predicted octanol–water partition coefficient (Wildman–Crippen LogP) is 5.11. The molecule has 4 aromatic rings. The van der Waals surface area contributed by atoms with E-state index >= 15 is 0 Å². The number of imidazole rings is 1. The Hall–Kier alpha value is -3.22. The standard InChI is InChI=1S/C27H30N3O4P/c1-27(28,16-18-35(31,32)33)26-29-19-25(30-26)23-11-13-24(14-12-23)34-17-15-20-7-9-22(10-8-20)21-5-3-2-4-6-21/h2-14,19H,15-18,28H2,1H3,(H,29,30)(H2,31,32,33). The molecule has 0 saturated carbocycles. The minimum absolute atomic E-state index is 0.117. The first kappa shape index (κ1) is 24.9. The van der Waals surface area contributed by atoms with E-state index in [4.69, 9.17) is 20.3 Å². The minimum Gasteiger partial charge on any atom is -0.493 e. The van der Waals surface area contributed by atoms with Gasteiger partial charge in [-0.15, -0.1) is 0 Å². The summed E-state index contributed by atoms with van der Waals surface area (Å²) in [6.07, 6.45) is 2.31. The van der Waals surface area contributed by atoms with Crippen molar-refractivity contribution in [2.75, 3.05) is 12.8 Å². The van der Waals surface area contributed by atoms with Crippen LogP contribution in [0.1, 0.15) is 24.7 Å². The van der Waals surface area contributed by atoms with Crippen LogP contribution in [-0.4, -0.2) is 32.5 Å². The molecule has 0 radical (unpaired) electrons. The van der Waals surface area contributed by atoms with E-state index in [9.17, 15) is 4.57 Å².